The minimum Gasteiger partial charge on any atom is -0.330 e. The maximum absolute atomic E-state index is 5.66. The molecule has 0 amide bonds. The summed E-state index contributed by atoms with van der Waals surface area (Å²) in [4.78, 5) is 0. The Kier molecular flexibility index (Phi) is 4.15. The third-order valence-corrected chi connectivity index (χ3v) is 3.66. The van der Waals surface area contributed by atoms with Crippen molar-refractivity contribution in [3.05, 3.63) is 34.4 Å². The van der Waals surface area contributed by atoms with E-state index in [2.05, 4.69) is 46.8 Å². The van der Waals surface area contributed by atoms with Crippen LogP contribution in [-0.4, -0.2) is 6.54 Å². The van der Waals surface area contributed by atoms with Crippen molar-refractivity contribution in [3.8, 4) is 0 Å². The normalized spacial score (nSPS) is 11.9. The van der Waals surface area contributed by atoms with Crippen LogP contribution in [0.15, 0.2) is 12.1 Å². The second kappa shape index (κ2) is 5.01. The molecule has 0 bridgehead atoms. The van der Waals surface area contributed by atoms with Gasteiger partial charge in [0.2, 0.25) is 0 Å². The first-order chi connectivity index (χ1) is 7.37. The summed E-state index contributed by atoms with van der Waals surface area (Å²) in [5, 5.41) is 0. The predicted molar refractivity (Wildman–Crippen MR) is 71.8 cm³/mol. The van der Waals surface area contributed by atoms with Crippen molar-refractivity contribution in [2.45, 2.75) is 47.5 Å². The van der Waals surface area contributed by atoms with Gasteiger partial charge in [0.05, 0.1) is 0 Å². The minimum absolute atomic E-state index is 0.307. The number of hydrogen-bond acceptors (Lipinski definition) is 1. The number of rotatable bonds is 4. The lowest BCUT2D eigenvalue weighted by Gasteiger charge is -2.25. The molecule has 1 aromatic rings. The minimum atomic E-state index is 0.307. The summed E-state index contributed by atoms with van der Waals surface area (Å²) < 4.78 is 0. The molecule has 0 fully saturated rings. The fourth-order valence-electron chi connectivity index (χ4n) is 2.20. The van der Waals surface area contributed by atoms with E-state index < -0.39 is 0 Å². The zero-order valence-electron chi connectivity index (χ0n) is 11.4. The molecule has 1 aromatic carbocycles. The topological polar surface area (TPSA) is 26.0 Å². The van der Waals surface area contributed by atoms with Crippen molar-refractivity contribution < 1.29 is 0 Å². The van der Waals surface area contributed by atoms with Crippen LogP contribution >= 0.6 is 0 Å². The summed E-state index contributed by atoms with van der Waals surface area (Å²) in [7, 11) is 0. The van der Waals surface area contributed by atoms with Gasteiger partial charge in [-0.2, -0.15) is 0 Å². The van der Waals surface area contributed by atoms with Gasteiger partial charge in [-0.15, -0.1) is 0 Å². The molecular formula is C15H25N. The Hall–Kier alpha value is -0.820. The zero-order chi connectivity index (χ0) is 12.3. The Bertz CT molecular complexity index is 364. The van der Waals surface area contributed by atoms with Crippen molar-refractivity contribution in [3.63, 3.8) is 0 Å². The molecule has 0 spiro atoms. The van der Waals surface area contributed by atoms with E-state index >= 15 is 0 Å². The van der Waals surface area contributed by atoms with Gasteiger partial charge in [0.1, 0.15) is 0 Å². The first-order valence-electron chi connectivity index (χ1n) is 6.13. The van der Waals surface area contributed by atoms with E-state index in [0.29, 0.717) is 5.41 Å². The highest BCUT2D eigenvalue weighted by Gasteiger charge is 2.18. The molecular weight excluding hydrogens is 194 g/mol. The average molecular weight is 219 g/mol. The van der Waals surface area contributed by atoms with E-state index in [-0.39, 0.29) is 0 Å². The average Bonchev–Trinajstić information content (AvgIpc) is 2.19. The van der Waals surface area contributed by atoms with Crippen molar-refractivity contribution in [1.82, 2.24) is 0 Å². The summed E-state index contributed by atoms with van der Waals surface area (Å²) in [6, 6.07) is 4.51. The summed E-state index contributed by atoms with van der Waals surface area (Å²) >= 11 is 0. The first-order valence-corrected chi connectivity index (χ1v) is 6.13. The Labute approximate surface area is 100 Å². The maximum Gasteiger partial charge on any atom is -0.00721 e. The van der Waals surface area contributed by atoms with E-state index in [4.69, 9.17) is 5.73 Å². The van der Waals surface area contributed by atoms with Crippen LogP contribution in [0.4, 0.5) is 0 Å². The summed E-state index contributed by atoms with van der Waals surface area (Å²) in [6.07, 6.45) is 2.20. The SMILES string of the molecule is Cc1ccc(CC(C)(C)CCN)c(C)c1C. The van der Waals surface area contributed by atoms with Crippen molar-refractivity contribution in [2.24, 2.45) is 11.1 Å². The van der Waals surface area contributed by atoms with Gasteiger partial charge < -0.3 is 5.73 Å². The smallest absolute Gasteiger partial charge is 0.00721 e. The predicted octanol–water partition coefficient (Wildman–Crippen LogP) is 3.53. The van der Waals surface area contributed by atoms with E-state index in [9.17, 15) is 0 Å². The molecule has 90 valence electrons. The highest BCUT2D eigenvalue weighted by molar-refractivity contribution is 5.39. The van der Waals surface area contributed by atoms with Crippen LogP contribution in [0.2, 0.25) is 0 Å². The lowest BCUT2D eigenvalue weighted by molar-refractivity contribution is 0.338. The molecule has 0 aromatic heterocycles. The van der Waals surface area contributed by atoms with Gasteiger partial charge in [0.25, 0.3) is 0 Å². The van der Waals surface area contributed by atoms with Crippen molar-refractivity contribution >= 4 is 0 Å². The van der Waals surface area contributed by atoms with Crippen LogP contribution < -0.4 is 5.73 Å². The molecule has 16 heavy (non-hydrogen) atoms. The molecule has 0 aliphatic rings. The molecule has 1 heteroatoms. The quantitative estimate of drug-likeness (QED) is 0.823. The second-order valence-electron chi connectivity index (χ2n) is 5.67. The fraction of sp³-hybridized carbons (Fsp3) is 0.600. The number of hydrogen-bond donors (Lipinski definition) is 1. The van der Waals surface area contributed by atoms with Crippen molar-refractivity contribution in [1.29, 1.82) is 0 Å². The van der Waals surface area contributed by atoms with Crippen LogP contribution in [0.5, 0.6) is 0 Å². The molecule has 0 atom stereocenters. The van der Waals surface area contributed by atoms with Crippen LogP contribution in [0.25, 0.3) is 0 Å². The molecule has 0 heterocycles. The molecule has 0 saturated heterocycles. The summed E-state index contributed by atoms with van der Waals surface area (Å²) in [5.74, 6) is 0. The summed E-state index contributed by atoms with van der Waals surface area (Å²) in [6.45, 7) is 12.0. The van der Waals surface area contributed by atoms with Gasteiger partial charge in [-0.1, -0.05) is 26.0 Å². The molecule has 2 N–H and O–H groups in total. The lowest BCUT2D eigenvalue weighted by atomic mass is 9.80. The van der Waals surface area contributed by atoms with Gasteiger partial charge >= 0.3 is 0 Å². The first kappa shape index (κ1) is 13.2. The van der Waals surface area contributed by atoms with Crippen molar-refractivity contribution in [2.75, 3.05) is 6.54 Å². The van der Waals surface area contributed by atoms with E-state index in [1.54, 1.807) is 0 Å². The third-order valence-electron chi connectivity index (χ3n) is 3.66. The lowest BCUT2D eigenvalue weighted by Crippen LogP contribution is -2.20. The molecule has 0 radical (unpaired) electrons. The molecule has 0 aliphatic carbocycles. The standard InChI is InChI=1S/C15H25N/c1-11-6-7-14(13(3)12(11)2)10-15(4,5)8-9-16/h6-7H,8-10,16H2,1-5H3. The van der Waals surface area contributed by atoms with Crippen LogP contribution in [-0.2, 0) is 6.42 Å². The Morgan fingerprint density at radius 1 is 1.06 bits per heavy atom. The van der Waals surface area contributed by atoms with E-state index in [0.717, 1.165) is 19.4 Å². The Morgan fingerprint density at radius 3 is 2.25 bits per heavy atom. The van der Waals surface area contributed by atoms with Gasteiger partial charge in [0, 0.05) is 0 Å². The third kappa shape index (κ3) is 3.08. The number of benzene rings is 1. The van der Waals surface area contributed by atoms with Crippen LogP contribution in [0.1, 0.15) is 42.5 Å². The fourth-order valence-corrected chi connectivity index (χ4v) is 2.20. The molecule has 0 aliphatic heterocycles. The number of nitrogens with two attached hydrogens (primary N) is 1. The van der Waals surface area contributed by atoms with E-state index in [1.165, 1.54) is 22.3 Å². The highest BCUT2D eigenvalue weighted by Crippen LogP contribution is 2.28. The number of aryl methyl sites for hydroxylation is 1. The monoisotopic (exact) mass is 219 g/mol. The Morgan fingerprint density at radius 2 is 1.69 bits per heavy atom. The molecule has 1 rings (SSSR count). The molecule has 0 unspecified atom stereocenters. The van der Waals surface area contributed by atoms with E-state index in [1.807, 2.05) is 0 Å². The van der Waals surface area contributed by atoms with Crippen LogP contribution in [0.3, 0.4) is 0 Å². The maximum atomic E-state index is 5.66. The van der Waals surface area contributed by atoms with Gasteiger partial charge in [0.15, 0.2) is 0 Å². The highest BCUT2D eigenvalue weighted by atomic mass is 14.5. The van der Waals surface area contributed by atoms with Gasteiger partial charge in [-0.25, -0.2) is 0 Å². The largest absolute Gasteiger partial charge is 0.330 e. The van der Waals surface area contributed by atoms with Gasteiger partial charge in [-0.05, 0) is 67.8 Å². The molecule has 0 saturated carbocycles. The van der Waals surface area contributed by atoms with Gasteiger partial charge in [-0.3, -0.25) is 0 Å². The summed E-state index contributed by atoms with van der Waals surface area (Å²) in [5.41, 5.74) is 11.7. The second-order valence-corrected chi connectivity index (χ2v) is 5.67. The zero-order valence-corrected chi connectivity index (χ0v) is 11.4. The Balaban J connectivity index is 2.94. The van der Waals surface area contributed by atoms with Crippen LogP contribution in [0, 0.1) is 26.2 Å². The molecule has 1 nitrogen and oxygen atoms in total.